The van der Waals surface area contributed by atoms with Crippen molar-refractivity contribution in [1.82, 2.24) is 15.5 Å². The molecule has 5 nitrogen and oxygen atoms in total. The molecule has 0 radical (unpaired) electrons. The van der Waals surface area contributed by atoms with E-state index in [0.717, 1.165) is 19.4 Å². The molecule has 1 aromatic heterocycles. The van der Waals surface area contributed by atoms with Gasteiger partial charge in [0.05, 0.1) is 6.54 Å². The van der Waals surface area contributed by atoms with Crippen LogP contribution in [0.2, 0.25) is 0 Å². The molecule has 0 aliphatic carbocycles. The molecule has 1 heterocycles. The molecule has 0 aliphatic heterocycles. The summed E-state index contributed by atoms with van der Waals surface area (Å²) in [5.41, 5.74) is 0.0583. The number of nitrogens with one attached hydrogen (secondary N) is 1. The highest BCUT2D eigenvalue weighted by atomic mass is 16.4. The van der Waals surface area contributed by atoms with E-state index in [0.29, 0.717) is 18.5 Å². The third-order valence-electron chi connectivity index (χ3n) is 2.40. The minimum Gasteiger partial charge on any atom is -0.407 e. The quantitative estimate of drug-likeness (QED) is 0.826. The Kier molecular flexibility index (Phi) is 4.93. The van der Waals surface area contributed by atoms with E-state index in [2.05, 4.69) is 43.2 Å². The van der Waals surface area contributed by atoms with Crippen LogP contribution in [0.1, 0.15) is 46.4 Å². The topological polar surface area (TPSA) is 54.2 Å². The third kappa shape index (κ3) is 5.17. The first-order chi connectivity index (χ1) is 7.92. The molecule has 0 aliphatic rings. The maximum absolute atomic E-state index is 5.58. The second-order valence-corrected chi connectivity index (χ2v) is 5.36. The highest BCUT2D eigenvalue weighted by Gasteiger charge is 2.13. The number of rotatable bonds is 6. The molecule has 0 fully saturated rings. The predicted molar refractivity (Wildman–Crippen MR) is 69.1 cm³/mol. The Hall–Kier alpha value is -1.10. The summed E-state index contributed by atoms with van der Waals surface area (Å²) in [5, 5.41) is 11.4. The molecule has 0 amide bonds. The van der Waals surface area contributed by atoms with Gasteiger partial charge in [0.15, 0.2) is 0 Å². The lowest BCUT2D eigenvalue weighted by Crippen LogP contribution is -2.35. The van der Waals surface area contributed by atoms with Gasteiger partial charge in [-0.2, -0.15) is 0 Å². The average molecular weight is 240 g/mol. The Balaban J connectivity index is 2.47. The van der Waals surface area contributed by atoms with Crippen LogP contribution < -0.4 is 10.2 Å². The zero-order chi connectivity index (χ0) is 12.9. The maximum Gasteiger partial charge on any atom is 0.317 e. The van der Waals surface area contributed by atoms with E-state index in [4.69, 9.17) is 4.42 Å². The van der Waals surface area contributed by atoms with Crippen molar-refractivity contribution in [3.8, 4) is 0 Å². The Morgan fingerprint density at radius 2 is 2.00 bits per heavy atom. The van der Waals surface area contributed by atoms with Gasteiger partial charge in [-0.05, 0) is 27.2 Å². The molecule has 0 bridgehead atoms. The fourth-order valence-electron chi connectivity index (χ4n) is 1.30. The molecular weight excluding hydrogens is 216 g/mol. The normalized spacial score (nSPS) is 11.8. The van der Waals surface area contributed by atoms with Gasteiger partial charge in [-0.1, -0.05) is 18.4 Å². The molecule has 5 heteroatoms. The summed E-state index contributed by atoms with van der Waals surface area (Å²) in [6.07, 6.45) is 2.30. The first-order valence-corrected chi connectivity index (χ1v) is 6.21. The summed E-state index contributed by atoms with van der Waals surface area (Å²) in [7, 11) is 1.98. The number of anilines is 1. The summed E-state index contributed by atoms with van der Waals surface area (Å²) >= 11 is 0. The zero-order valence-electron chi connectivity index (χ0n) is 11.6. The number of nitrogens with zero attached hydrogens (tertiary/aromatic N) is 3. The van der Waals surface area contributed by atoms with Crippen molar-refractivity contribution in [2.45, 2.75) is 52.6 Å². The largest absolute Gasteiger partial charge is 0.407 e. The molecule has 0 spiro atoms. The van der Waals surface area contributed by atoms with Crippen LogP contribution in [0.4, 0.5) is 6.01 Å². The fraction of sp³-hybridized carbons (Fsp3) is 0.833. The summed E-state index contributed by atoms with van der Waals surface area (Å²) in [4.78, 5) is 2.00. The number of hydrogen-bond donors (Lipinski definition) is 1. The standard InChI is InChI=1S/C12H24N4O/c1-6-7-8-16(5)11-15-14-10(17-11)9-13-12(2,3)4/h13H,6-9H2,1-5H3. The molecule has 0 saturated carbocycles. The zero-order valence-corrected chi connectivity index (χ0v) is 11.6. The first-order valence-electron chi connectivity index (χ1n) is 6.21. The second-order valence-electron chi connectivity index (χ2n) is 5.36. The van der Waals surface area contributed by atoms with Crippen LogP contribution >= 0.6 is 0 Å². The van der Waals surface area contributed by atoms with Gasteiger partial charge in [-0.3, -0.25) is 0 Å². The van der Waals surface area contributed by atoms with Crippen molar-refractivity contribution >= 4 is 6.01 Å². The Labute approximate surface area is 104 Å². The van der Waals surface area contributed by atoms with E-state index in [1.54, 1.807) is 0 Å². The van der Waals surface area contributed by atoms with Crippen molar-refractivity contribution in [1.29, 1.82) is 0 Å². The Morgan fingerprint density at radius 3 is 2.59 bits per heavy atom. The van der Waals surface area contributed by atoms with Gasteiger partial charge < -0.3 is 14.6 Å². The maximum atomic E-state index is 5.58. The number of unbranched alkanes of at least 4 members (excludes halogenated alkanes) is 1. The van der Waals surface area contributed by atoms with Crippen molar-refractivity contribution in [2.24, 2.45) is 0 Å². The van der Waals surface area contributed by atoms with E-state index in [1.807, 2.05) is 11.9 Å². The number of hydrogen-bond acceptors (Lipinski definition) is 5. The van der Waals surface area contributed by atoms with E-state index < -0.39 is 0 Å². The SMILES string of the molecule is CCCCN(C)c1nnc(CNC(C)(C)C)o1. The van der Waals surface area contributed by atoms with Crippen LogP contribution in [-0.2, 0) is 6.54 Å². The van der Waals surface area contributed by atoms with Crippen LogP contribution in [0.25, 0.3) is 0 Å². The minimum absolute atomic E-state index is 0.0583. The molecule has 0 unspecified atom stereocenters. The lowest BCUT2D eigenvalue weighted by molar-refractivity contribution is 0.381. The van der Waals surface area contributed by atoms with E-state index in [9.17, 15) is 0 Å². The molecule has 0 atom stereocenters. The van der Waals surface area contributed by atoms with Crippen molar-refractivity contribution in [3.63, 3.8) is 0 Å². The van der Waals surface area contributed by atoms with Gasteiger partial charge in [0, 0.05) is 19.1 Å². The average Bonchev–Trinajstić information content (AvgIpc) is 2.70. The molecule has 17 heavy (non-hydrogen) atoms. The molecule has 1 rings (SSSR count). The van der Waals surface area contributed by atoms with Gasteiger partial charge in [0.25, 0.3) is 0 Å². The Morgan fingerprint density at radius 1 is 1.29 bits per heavy atom. The lowest BCUT2D eigenvalue weighted by atomic mass is 10.1. The predicted octanol–water partition coefficient (Wildman–Crippen LogP) is 2.19. The highest BCUT2D eigenvalue weighted by molar-refractivity contribution is 5.21. The van der Waals surface area contributed by atoms with Gasteiger partial charge in [-0.25, -0.2) is 0 Å². The van der Waals surface area contributed by atoms with Crippen LogP contribution in [0, 0.1) is 0 Å². The van der Waals surface area contributed by atoms with E-state index >= 15 is 0 Å². The summed E-state index contributed by atoms with van der Waals surface area (Å²) in [6.45, 7) is 10.1. The van der Waals surface area contributed by atoms with Crippen molar-refractivity contribution in [2.75, 3.05) is 18.5 Å². The second kappa shape index (κ2) is 6.00. The monoisotopic (exact) mass is 240 g/mol. The molecule has 0 aromatic carbocycles. The van der Waals surface area contributed by atoms with Crippen molar-refractivity contribution in [3.05, 3.63) is 5.89 Å². The molecule has 98 valence electrons. The van der Waals surface area contributed by atoms with Crippen LogP contribution in [0.3, 0.4) is 0 Å². The van der Waals surface area contributed by atoms with E-state index in [1.165, 1.54) is 0 Å². The third-order valence-corrected chi connectivity index (χ3v) is 2.40. The lowest BCUT2D eigenvalue weighted by Gasteiger charge is -2.18. The van der Waals surface area contributed by atoms with Crippen LogP contribution in [0.5, 0.6) is 0 Å². The summed E-state index contributed by atoms with van der Waals surface area (Å²) in [6, 6.07) is 0.601. The van der Waals surface area contributed by atoms with E-state index in [-0.39, 0.29) is 5.54 Å². The van der Waals surface area contributed by atoms with Crippen LogP contribution in [0.15, 0.2) is 4.42 Å². The minimum atomic E-state index is 0.0583. The summed E-state index contributed by atoms with van der Waals surface area (Å²) in [5.74, 6) is 0.637. The molecule has 0 saturated heterocycles. The van der Waals surface area contributed by atoms with Gasteiger partial charge in [0.1, 0.15) is 0 Å². The van der Waals surface area contributed by atoms with Gasteiger partial charge in [0.2, 0.25) is 5.89 Å². The Bertz CT molecular complexity index is 329. The molecule has 1 N–H and O–H groups in total. The smallest absolute Gasteiger partial charge is 0.317 e. The first kappa shape index (κ1) is 14.0. The molecular formula is C12H24N4O. The highest BCUT2D eigenvalue weighted by Crippen LogP contribution is 2.11. The summed E-state index contributed by atoms with van der Waals surface area (Å²) < 4.78 is 5.58. The number of aromatic nitrogens is 2. The van der Waals surface area contributed by atoms with Gasteiger partial charge in [-0.15, -0.1) is 5.10 Å². The van der Waals surface area contributed by atoms with Gasteiger partial charge >= 0.3 is 6.01 Å². The molecule has 1 aromatic rings. The fourth-order valence-corrected chi connectivity index (χ4v) is 1.30. The van der Waals surface area contributed by atoms with Crippen molar-refractivity contribution < 1.29 is 4.42 Å². The van der Waals surface area contributed by atoms with Crippen LogP contribution in [-0.4, -0.2) is 29.3 Å².